The molecule has 0 atom stereocenters. The van der Waals surface area contributed by atoms with E-state index in [2.05, 4.69) is 132 Å². The molecule has 46 heavy (non-hydrogen) atoms. The molecule has 218 valence electrons. The maximum Gasteiger partial charge on any atom is 0.161 e. The first-order chi connectivity index (χ1) is 22.8. The number of fused-ring (bicyclic) bond motifs is 6. The summed E-state index contributed by atoms with van der Waals surface area (Å²) in [6.07, 6.45) is 6.42. The molecule has 0 spiro atoms. The Morgan fingerprint density at radius 3 is 2.09 bits per heavy atom. The number of nitrogens with zero attached hydrogens (tertiary/aromatic N) is 3. The average Bonchev–Trinajstić information content (AvgIpc) is 3.52. The second-order valence-corrected chi connectivity index (χ2v) is 11.7. The standard InChI is InChI=1S/C42H29N3O/c1-4-15-28(16-5-1)40-33-23-12-13-25-36(33)43-42(44-40)34-24-14-26-38-39(34)35-27-37(31-21-10-11-22-32(31)41(35)46-38)45(29-17-6-2-7-18-29)30-19-8-3-9-20-30/h1-10,12-21,23-27H,11,22H2. The Bertz CT molecular complexity index is 2370. The number of allylic oxidation sites excluding steroid dienone is 1. The fourth-order valence-corrected chi connectivity index (χ4v) is 6.85. The number of furan rings is 1. The number of aromatic nitrogens is 2. The van der Waals surface area contributed by atoms with Gasteiger partial charge in [-0.25, -0.2) is 9.97 Å². The maximum absolute atomic E-state index is 6.75. The Balaban J connectivity index is 1.35. The van der Waals surface area contributed by atoms with Crippen molar-refractivity contribution in [2.24, 2.45) is 0 Å². The van der Waals surface area contributed by atoms with Gasteiger partial charge in [-0.15, -0.1) is 0 Å². The monoisotopic (exact) mass is 591 g/mol. The second-order valence-electron chi connectivity index (χ2n) is 11.7. The molecule has 0 saturated heterocycles. The molecule has 0 saturated carbocycles. The summed E-state index contributed by atoms with van der Waals surface area (Å²) in [5.41, 5.74) is 11.4. The summed E-state index contributed by atoms with van der Waals surface area (Å²) in [4.78, 5) is 12.7. The Kier molecular flexibility index (Phi) is 6.24. The predicted molar refractivity (Wildman–Crippen MR) is 190 cm³/mol. The SMILES string of the molecule is C1=Cc2c(N(c3ccccc3)c3ccccc3)cc3c(oc4cccc(-c5nc(-c6ccccc6)c6ccccc6n5)c43)c2CC1. The van der Waals surface area contributed by atoms with Crippen molar-refractivity contribution in [3.63, 3.8) is 0 Å². The average molecular weight is 592 g/mol. The van der Waals surface area contributed by atoms with Crippen LogP contribution < -0.4 is 4.90 Å². The molecular formula is C42H29N3O. The van der Waals surface area contributed by atoms with E-state index < -0.39 is 0 Å². The van der Waals surface area contributed by atoms with Gasteiger partial charge in [0.1, 0.15) is 11.2 Å². The van der Waals surface area contributed by atoms with Crippen molar-refractivity contribution in [2.75, 3.05) is 4.90 Å². The van der Waals surface area contributed by atoms with Gasteiger partial charge in [0.2, 0.25) is 0 Å². The molecule has 1 aliphatic rings. The number of para-hydroxylation sites is 3. The highest BCUT2D eigenvalue weighted by Gasteiger charge is 2.25. The van der Waals surface area contributed by atoms with Gasteiger partial charge >= 0.3 is 0 Å². The Hall–Kier alpha value is -6.00. The fraction of sp³-hybridized carbons (Fsp3) is 0.0476. The van der Waals surface area contributed by atoms with E-state index in [1.807, 2.05) is 24.3 Å². The lowest BCUT2D eigenvalue weighted by Crippen LogP contribution is -2.13. The minimum Gasteiger partial charge on any atom is -0.456 e. The summed E-state index contributed by atoms with van der Waals surface area (Å²) in [5, 5.41) is 3.14. The minimum atomic E-state index is 0.688. The van der Waals surface area contributed by atoms with E-state index in [0.717, 1.165) is 79.6 Å². The molecule has 0 N–H and O–H groups in total. The van der Waals surface area contributed by atoms with Gasteiger partial charge in [-0.3, -0.25) is 0 Å². The summed E-state index contributed by atoms with van der Waals surface area (Å²) in [5.74, 6) is 0.688. The lowest BCUT2D eigenvalue weighted by molar-refractivity contribution is 0.661. The third-order valence-corrected chi connectivity index (χ3v) is 8.91. The van der Waals surface area contributed by atoms with Crippen LogP contribution in [0.4, 0.5) is 17.1 Å². The van der Waals surface area contributed by atoms with Crippen LogP contribution in [-0.4, -0.2) is 9.97 Å². The third-order valence-electron chi connectivity index (χ3n) is 8.91. The smallest absolute Gasteiger partial charge is 0.161 e. The zero-order chi connectivity index (χ0) is 30.5. The van der Waals surface area contributed by atoms with Crippen molar-refractivity contribution in [3.05, 3.63) is 157 Å². The Labute approximate surface area is 266 Å². The first kappa shape index (κ1) is 26.4. The van der Waals surface area contributed by atoms with E-state index in [1.165, 1.54) is 11.1 Å². The molecule has 8 aromatic rings. The first-order valence-corrected chi connectivity index (χ1v) is 15.7. The highest BCUT2D eigenvalue weighted by molar-refractivity contribution is 6.15. The van der Waals surface area contributed by atoms with Crippen LogP contribution in [0.15, 0.2) is 150 Å². The van der Waals surface area contributed by atoms with Gasteiger partial charge in [-0.05, 0) is 55.3 Å². The number of hydrogen-bond acceptors (Lipinski definition) is 4. The molecule has 4 nitrogen and oxygen atoms in total. The molecule has 0 unspecified atom stereocenters. The maximum atomic E-state index is 6.75. The van der Waals surface area contributed by atoms with Gasteiger partial charge < -0.3 is 9.32 Å². The Morgan fingerprint density at radius 2 is 1.33 bits per heavy atom. The number of rotatable bonds is 5. The highest BCUT2D eigenvalue weighted by Crippen LogP contribution is 2.46. The first-order valence-electron chi connectivity index (χ1n) is 15.7. The van der Waals surface area contributed by atoms with Crippen LogP contribution in [0.3, 0.4) is 0 Å². The topological polar surface area (TPSA) is 42.2 Å². The molecule has 9 rings (SSSR count). The van der Waals surface area contributed by atoms with Gasteiger partial charge in [0, 0.05) is 49.8 Å². The van der Waals surface area contributed by atoms with Crippen LogP contribution in [0.2, 0.25) is 0 Å². The molecule has 1 aliphatic carbocycles. The number of benzene rings is 6. The van der Waals surface area contributed by atoms with Gasteiger partial charge in [0.15, 0.2) is 5.82 Å². The van der Waals surface area contributed by atoms with Gasteiger partial charge in [-0.2, -0.15) is 0 Å². The zero-order valence-electron chi connectivity index (χ0n) is 25.1. The normalized spacial score (nSPS) is 12.5. The van der Waals surface area contributed by atoms with Crippen LogP contribution in [0.5, 0.6) is 0 Å². The van der Waals surface area contributed by atoms with E-state index in [0.29, 0.717) is 5.82 Å². The van der Waals surface area contributed by atoms with Crippen LogP contribution in [-0.2, 0) is 6.42 Å². The van der Waals surface area contributed by atoms with Crippen LogP contribution in [0.1, 0.15) is 17.5 Å². The predicted octanol–water partition coefficient (Wildman–Crippen LogP) is 11.3. The molecule has 0 bridgehead atoms. The fourth-order valence-electron chi connectivity index (χ4n) is 6.85. The van der Waals surface area contributed by atoms with Crippen LogP contribution in [0, 0.1) is 0 Å². The van der Waals surface area contributed by atoms with E-state index >= 15 is 0 Å². The zero-order valence-corrected chi connectivity index (χ0v) is 25.1. The summed E-state index contributed by atoms with van der Waals surface area (Å²) in [6.45, 7) is 0. The van der Waals surface area contributed by atoms with Crippen LogP contribution >= 0.6 is 0 Å². The number of anilines is 3. The molecule has 0 amide bonds. The second kappa shape index (κ2) is 10.9. The van der Waals surface area contributed by atoms with Crippen LogP contribution in [0.25, 0.3) is 61.6 Å². The Morgan fingerprint density at radius 1 is 0.630 bits per heavy atom. The van der Waals surface area contributed by atoms with Crippen molar-refractivity contribution in [1.29, 1.82) is 0 Å². The van der Waals surface area contributed by atoms with Crippen molar-refractivity contribution < 1.29 is 4.42 Å². The molecule has 6 aromatic carbocycles. The van der Waals surface area contributed by atoms with E-state index in [1.54, 1.807) is 0 Å². The van der Waals surface area contributed by atoms with Crippen molar-refractivity contribution in [3.8, 4) is 22.6 Å². The lowest BCUT2D eigenvalue weighted by Gasteiger charge is -2.29. The molecule has 0 radical (unpaired) electrons. The quantitative estimate of drug-likeness (QED) is 0.200. The molecule has 4 heteroatoms. The molecule has 0 fully saturated rings. The highest BCUT2D eigenvalue weighted by atomic mass is 16.3. The third kappa shape index (κ3) is 4.30. The van der Waals surface area contributed by atoms with Crippen molar-refractivity contribution in [2.45, 2.75) is 12.8 Å². The number of aryl methyl sites for hydroxylation is 1. The molecule has 0 aliphatic heterocycles. The molecule has 2 aromatic heterocycles. The van der Waals surface area contributed by atoms with Gasteiger partial charge in [0.25, 0.3) is 0 Å². The number of hydrogen-bond donors (Lipinski definition) is 0. The van der Waals surface area contributed by atoms with Crippen molar-refractivity contribution >= 4 is 56.0 Å². The molecule has 2 heterocycles. The lowest BCUT2D eigenvalue weighted by atomic mass is 9.91. The summed E-state index contributed by atoms with van der Waals surface area (Å²) in [6, 6.07) is 48.4. The van der Waals surface area contributed by atoms with Gasteiger partial charge in [-0.1, -0.05) is 109 Å². The summed E-state index contributed by atoms with van der Waals surface area (Å²) in [7, 11) is 0. The van der Waals surface area contributed by atoms with E-state index in [9.17, 15) is 0 Å². The van der Waals surface area contributed by atoms with E-state index in [-0.39, 0.29) is 0 Å². The largest absolute Gasteiger partial charge is 0.456 e. The van der Waals surface area contributed by atoms with Gasteiger partial charge in [0.05, 0.1) is 16.9 Å². The van der Waals surface area contributed by atoms with Crippen molar-refractivity contribution in [1.82, 2.24) is 9.97 Å². The summed E-state index contributed by atoms with van der Waals surface area (Å²) < 4.78 is 6.75. The summed E-state index contributed by atoms with van der Waals surface area (Å²) >= 11 is 0. The van der Waals surface area contributed by atoms with E-state index in [4.69, 9.17) is 14.4 Å². The molecular weight excluding hydrogens is 562 g/mol. The minimum absolute atomic E-state index is 0.688.